The molecule has 1 aromatic heterocycles. The first-order chi connectivity index (χ1) is 11.3. The Kier molecular flexibility index (Phi) is 5.93. The fraction of sp³-hybridized carbons (Fsp3) is 0.250. The largest absolute Gasteiger partial charge is 0.326 e. The van der Waals surface area contributed by atoms with Crippen LogP contribution in [0.3, 0.4) is 0 Å². The molecule has 0 radical (unpaired) electrons. The molecule has 1 aromatic carbocycles. The number of aryl methyl sites for hydroxylation is 2. The van der Waals surface area contributed by atoms with Crippen molar-refractivity contribution in [1.82, 2.24) is 9.71 Å². The fourth-order valence-electron chi connectivity index (χ4n) is 2.22. The molecule has 24 heavy (non-hydrogen) atoms. The van der Waals surface area contributed by atoms with Gasteiger partial charge in [0.15, 0.2) is 0 Å². The second-order valence-corrected chi connectivity index (χ2v) is 7.46. The minimum absolute atomic E-state index is 0.00407. The molecular weight excluding hydrogens is 350 g/mol. The van der Waals surface area contributed by atoms with E-state index in [4.69, 9.17) is 11.6 Å². The Morgan fingerprint density at radius 3 is 2.50 bits per heavy atom. The van der Waals surface area contributed by atoms with Gasteiger partial charge in [0, 0.05) is 24.8 Å². The summed E-state index contributed by atoms with van der Waals surface area (Å²) in [5, 5.41) is 2.64. The van der Waals surface area contributed by atoms with Gasteiger partial charge in [-0.25, -0.2) is 18.1 Å². The van der Waals surface area contributed by atoms with Crippen LogP contribution in [-0.2, 0) is 14.8 Å². The molecule has 0 saturated carbocycles. The number of pyridine rings is 1. The molecule has 0 spiro atoms. The minimum atomic E-state index is -3.80. The number of amides is 1. The molecule has 0 aliphatic carbocycles. The van der Waals surface area contributed by atoms with Gasteiger partial charge in [0.05, 0.1) is 0 Å². The molecule has 2 N–H and O–H groups in total. The zero-order valence-corrected chi connectivity index (χ0v) is 14.9. The average molecular weight is 368 g/mol. The average Bonchev–Trinajstić information content (AvgIpc) is 2.46. The molecule has 0 atom stereocenters. The molecule has 8 heteroatoms. The number of carbonyl (C=O) groups excluding carboxylic acids is 1. The summed E-state index contributed by atoms with van der Waals surface area (Å²) in [6.45, 7) is 3.84. The van der Waals surface area contributed by atoms with E-state index in [1.165, 1.54) is 18.3 Å². The molecule has 0 aliphatic heterocycles. The van der Waals surface area contributed by atoms with Gasteiger partial charge in [-0.3, -0.25) is 4.79 Å². The summed E-state index contributed by atoms with van der Waals surface area (Å²) in [5.41, 5.74) is 2.77. The molecule has 1 amide bonds. The van der Waals surface area contributed by atoms with Gasteiger partial charge in [0.1, 0.15) is 10.0 Å². The maximum absolute atomic E-state index is 12.1. The molecule has 128 valence electrons. The molecule has 0 bridgehead atoms. The Morgan fingerprint density at radius 1 is 1.21 bits per heavy atom. The van der Waals surface area contributed by atoms with Crippen molar-refractivity contribution in [2.75, 3.05) is 11.9 Å². The predicted molar refractivity (Wildman–Crippen MR) is 93.6 cm³/mol. The van der Waals surface area contributed by atoms with Crippen LogP contribution < -0.4 is 10.0 Å². The van der Waals surface area contributed by atoms with Gasteiger partial charge in [-0.2, -0.15) is 0 Å². The summed E-state index contributed by atoms with van der Waals surface area (Å²) >= 11 is 5.78. The Bertz CT molecular complexity index is 833. The monoisotopic (exact) mass is 367 g/mol. The Labute approximate surface area is 146 Å². The summed E-state index contributed by atoms with van der Waals surface area (Å²) < 4.78 is 26.6. The van der Waals surface area contributed by atoms with E-state index in [2.05, 4.69) is 15.0 Å². The smallest absolute Gasteiger partial charge is 0.243 e. The highest BCUT2D eigenvalue weighted by molar-refractivity contribution is 7.89. The molecule has 0 unspecified atom stereocenters. The van der Waals surface area contributed by atoms with E-state index in [1.807, 2.05) is 32.0 Å². The van der Waals surface area contributed by atoms with Crippen molar-refractivity contribution in [3.05, 3.63) is 52.8 Å². The van der Waals surface area contributed by atoms with Crippen LogP contribution in [0, 0.1) is 13.8 Å². The third kappa shape index (κ3) is 5.02. The highest BCUT2D eigenvalue weighted by atomic mass is 35.5. The topological polar surface area (TPSA) is 88.2 Å². The molecule has 0 aliphatic rings. The van der Waals surface area contributed by atoms with Crippen LogP contribution in [-0.4, -0.2) is 25.9 Å². The lowest BCUT2D eigenvalue weighted by molar-refractivity contribution is -0.116. The standard InChI is InChI=1S/C16H18ClN3O3S/c1-11-8-12(2)10-13(9-11)20-15(21)5-7-19-24(22,23)14-4-3-6-18-16(14)17/h3-4,6,8-10,19H,5,7H2,1-2H3,(H,20,21). The Balaban J connectivity index is 1.92. The Morgan fingerprint density at radius 2 is 1.88 bits per heavy atom. The summed E-state index contributed by atoms with van der Waals surface area (Å²) in [4.78, 5) is 15.6. The highest BCUT2D eigenvalue weighted by Crippen LogP contribution is 2.17. The lowest BCUT2D eigenvalue weighted by Gasteiger charge is -2.09. The number of sulfonamides is 1. The number of carbonyl (C=O) groups is 1. The van der Waals surface area contributed by atoms with E-state index in [1.54, 1.807) is 0 Å². The second kappa shape index (κ2) is 7.74. The fourth-order valence-corrected chi connectivity index (χ4v) is 3.70. The van der Waals surface area contributed by atoms with Crippen molar-refractivity contribution < 1.29 is 13.2 Å². The number of rotatable bonds is 6. The molecule has 0 fully saturated rings. The van der Waals surface area contributed by atoms with E-state index in [0.29, 0.717) is 5.69 Å². The lowest BCUT2D eigenvalue weighted by atomic mass is 10.1. The number of aromatic nitrogens is 1. The van der Waals surface area contributed by atoms with Gasteiger partial charge < -0.3 is 5.32 Å². The summed E-state index contributed by atoms with van der Waals surface area (Å²) in [6.07, 6.45) is 1.41. The van der Waals surface area contributed by atoms with Crippen molar-refractivity contribution in [2.24, 2.45) is 0 Å². The number of anilines is 1. The summed E-state index contributed by atoms with van der Waals surface area (Å²) in [5.74, 6) is -0.278. The second-order valence-electron chi connectivity index (χ2n) is 5.36. The number of halogens is 1. The summed E-state index contributed by atoms with van der Waals surface area (Å²) in [7, 11) is -3.80. The first-order valence-corrected chi connectivity index (χ1v) is 9.12. The lowest BCUT2D eigenvalue weighted by Crippen LogP contribution is -2.28. The van der Waals surface area contributed by atoms with E-state index < -0.39 is 10.0 Å². The van der Waals surface area contributed by atoms with Gasteiger partial charge in [0.25, 0.3) is 0 Å². The molecule has 2 rings (SSSR count). The van der Waals surface area contributed by atoms with Crippen molar-refractivity contribution in [3.8, 4) is 0 Å². The number of nitrogens with zero attached hydrogens (tertiary/aromatic N) is 1. The van der Waals surface area contributed by atoms with Crippen LogP contribution in [0.15, 0.2) is 41.4 Å². The highest BCUT2D eigenvalue weighted by Gasteiger charge is 2.18. The van der Waals surface area contributed by atoms with Crippen molar-refractivity contribution in [3.63, 3.8) is 0 Å². The third-order valence-corrected chi connectivity index (χ3v) is 5.07. The maximum atomic E-state index is 12.1. The number of hydrogen-bond acceptors (Lipinski definition) is 4. The maximum Gasteiger partial charge on any atom is 0.243 e. The zero-order chi connectivity index (χ0) is 17.7. The Hall–Kier alpha value is -1.96. The van der Waals surface area contributed by atoms with Crippen LogP contribution in [0.1, 0.15) is 17.5 Å². The van der Waals surface area contributed by atoms with Gasteiger partial charge >= 0.3 is 0 Å². The SMILES string of the molecule is Cc1cc(C)cc(NC(=O)CCNS(=O)(=O)c2cccnc2Cl)c1. The van der Waals surface area contributed by atoms with Crippen molar-refractivity contribution in [1.29, 1.82) is 0 Å². The first-order valence-electron chi connectivity index (χ1n) is 7.26. The van der Waals surface area contributed by atoms with Crippen LogP contribution in [0.25, 0.3) is 0 Å². The minimum Gasteiger partial charge on any atom is -0.326 e. The first kappa shape index (κ1) is 18.4. The van der Waals surface area contributed by atoms with Crippen LogP contribution >= 0.6 is 11.6 Å². The predicted octanol–water partition coefficient (Wildman–Crippen LogP) is 2.66. The van der Waals surface area contributed by atoms with Gasteiger partial charge in [-0.15, -0.1) is 0 Å². The van der Waals surface area contributed by atoms with E-state index in [0.717, 1.165) is 11.1 Å². The van der Waals surface area contributed by atoms with Gasteiger partial charge in [-0.1, -0.05) is 17.7 Å². The number of nitrogens with one attached hydrogen (secondary N) is 2. The van der Waals surface area contributed by atoms with Crippen LogP contribution in [0.4, 0.5) is 5.69 Å². The van der Waals surface area contributed by atoms with E-state index >= 15 is 0 Å². The summed E-state index contributed by atoms with van der Waals surface area (Å²) in [6, 6.07) is 8.54. The number of benzene rings is 1. The quantitative estimate of drug-likeness (QED) is 0.768. The molecule has 0 saturated heterocycles. The van der Waals surface area contributed by atoms with Gasteiger partial charge in [-0.05, 0) is 49.2 Å². The van der Waals surface area contributed by atoms with E-state index in [-0.39, 0.29) is 28.9 Å². The molecule has 1 heterocycles. The van der Waals surface area contributed by atoms with Crippen LogP contribution in [0.2, 0.25) is 5.15 Å². The number of hydrogen-bond donors (Lipinski definition) is 2. The normalized spacial score (nSPS) is 11.3. The molecular formula is C16H18ClN3O3S. The van der Waals surface area contributed by atoms with Crippen LogP contribution in [0.5, 0.6) is 0 Å². The van der Waals surface area contributed by atoms with Gasteiger partial charge in [0.2, 0.25) is 15.9 Å². The zero-order valence-electron chi connectivity index (χ0n) is 13.3. The van der Waals surface area contributed by atoms with Crippen molar-refractivity contribution >= 4 is 33.2 Å². The third-order valence-electron chi connectivity index (χ3n) is 3.16. The van der Waals surface area contributed by atoms with E-state index in [9.17, 15) is 13.2 Å². The molecule has 6 nitrogen and oxygen atoms in total. The van der Waals surface area contributed by atoms with Crippen molar-refractivity contribution in [2.45, 2.75) is 25.2 Å². The molecule has 2 aromatic rings.